The van der Waals surface area contributed by atoms with E-state index in [0.29, 0.717) is 40.0 Å². The number of likely N-dealkylation sites (N-methyl/N-ethyl adjacent to an activating group) is 1. The minimum atomic E-state index is -0.293. The van der Waals surface area contributed by atoms with Gasteiger partial charge >= 0.3 is 0 Å². The van der Waals surface area contributed by atoms with Crippen molar-refractivity contribution >= 4 is 40.6 Å². The van der Waals surface area contributed by atoms with E-state index in [1.807, 2.05) is 25.8 Å². The fraction of sp³-hybridized carbons (Fsp3) is 0.444. The monoisotopic (exact) mass is 381 g/mol. The fourth-order valence-corrected chi connectivity index (χ4v) is 3.77. The summed E-state index contributed by atoms with van der Waals surface area (Å²) in [6, 6.07) is 4.78. The number of carbonyl (C=O) groups is 2. The Balaban J connectivity index is 2.12. The first-order valence-electron chi connectivity index (χ1n) is 8.32. The second-order valence-electron chi connectivity index (χ2n) is 6.71. The van der Waals surface area contributed by atoms with Crippen LogP contribution in [-0.2, 0) is 9.59 Å². The molecule has 0 bridgehead atoms. The van der Waals surface area contributed by atoms with Gasteiger partial charge in [0.15, 0.2) is 0 Å². The molecule has 2 amide bonds. The maximum Gasteiger partial charge on any atom is 0.278 e. The highest BCUT2D eigenvalue weighted by molar-refractivity contribution is 6.41. The summed E-state index contributed by atoms with van der Waals surface area (Å²) in [4.78, 5) is 31.6. The van der Waals surface area contributed by atoms with Gasteiger partial charge in [-0.2, -0.15) is 0 Å². The van der Waals surface area contributed by atoms with Crippen molar-refractivity contribution < 1.29 is 9.59 Å². The zero-order valence-corrected chi connectivity index (χ0v) is 16.1. The lowest BCUT2D eigenvalue weighted by atomic mass is 10.0. The van der Waals surface area contributed by atoms with Crippen LogP contribution in [0.3, 0.4) is 0 Å². The van der Waals surface area contributed by atoms with Crippen LogP contribution in [0, 0.1) is 0 Å². The summed E-state index contributed by atoms with van der Waals surface area (Å²) in [5, 5.41) is 0.869. The van der Waals surface area contributed by atoms with Crippen molar-refractivity contribution in [3.63, 3.8) is 0 Å². The molecule has 0 aromatic heterocycles. The van der Waals surface area contributed by atoms with Crippen molar-refractivity contribution in [2.24, 2.45) is 0 Å². The molecule has 2 heterocycles. The van der Waals surface area contributed by atoms with Crippen molar-refractivity contribution in [2.45, 2.75) is 19.9 Å². The molecule has 1 aromatic rings. The smallest absolute Gasteiger partial charge is 0.278 e. The van der Waals surface area contributed by atoms with Gasteiger partial charge < -0.3 is 9.80 Å². The summed E-state index contributed by atoms with van der Waals surface area (Å²) in [7, 11) is 2.05. The molecule has 0 unspecified atom stereocenters. The molecule has 3 rings (SSSR count). The van der Waals surface area contributed by atoms with Gasteiger partial charge in [-0.05, 0) is 33.0 Å². The number of rotatable bonds is 3. The predicted octanol–water partition coefficient (Wildman–Crippen LogP) is 2.73. The van der Waals surface area contributed by atoms with Crippen molar-refractivity contribution in [1.29, 1.82) is 0 Å². The molecule has 2 aliphatic rings. The van der Waals surface area contributed by atoms with Gasteiger partial charge in [0.1, 0.15) is 5.70 Å². The van der Waals surface area contributed by atoms with E-state index in [0.717, 1.165) is 13.1 Å². The summed E-state index contributed by atoms with van der Waals surface area (Å²) in [6.07, 6.45) is 0. The Hall–Kier alpha value is -1.56. The maximum absolute atomic E-state index is 13.0. The van der Waals surface area contributed by atoms with E-state index in [4.69, 9.17) is 23.2 Å². The van der Waals surface area contributed by atoms with Crippen molar-refractivity contribution in [2.75, 3.05) is 33.2 Å². The van der Waals surface area contributed by atoms with Gasteiger partial charge in [0.2, 0.25) is 0 Å². The number of nitrogens with zero attached hydrogens (tertiary/aromatic N) is 3. The molecule has 0 atom stereocenters. The second-order valence-corrected chi connectivity index (χ2v) is 7.56. The zero-order chi connectivity index (χ0) is 18.3. The third-order valence-electron chi connectivity index (χ3n) is 4.63. The number of piperazine rings is 1. The average molecular weight is 382 g/mol. The molecule has 2 aliphatic heterocycles. The molecule has 134 valence electrons. The van der Waals surface area contributed by atoms with Gasteiger partial charge in [-0.25, -0.2) is 0 Å². The minimum absolute atomic E-state index is 0.217. The largest absolute Gasteiger partial charge is 0.364 e. The number of amides is 2. The van der Waals surface area contributed by atoms with E-state index in [9.17, 15) is 9.59 Å². The van der Waals surface area contributed by atoms with Crippen LogP contribution < -0.4 is 0 Å². The SMILES string of the molecule is CC(C)N1C(=O)C(c2ccc(Cl)cc2Cl)=C(N2CCN(C)CC2)C1=O. The van der Waals surface area contributed by atoms with Crippen LogP contribution >= 0.6 is 23.2 Å². The van der Waals surface area contributed by atoms with Crippen LogP contribution in [0.25, 0.3) is 5.57 Å². The lowest BCUT2D eigenvalue weighted by Gasteiger charge is -2.34. The molecule has 7 heteroatoms. The number of hydrogen-bond donors (Lipinski definition) is 0. The van der Waals surface area contributed by atoms with E-state index in [1.165, 1.54) is 4.90 Å². The molecule has 1 aromatic carbocycles. The van der Waals surface area contributed by atoms with E-state index in [-0.39, 0.29) is 17.9 Å². The van der Waals surface area contributed by atoms with Crippen LogP contribution in [-0.4, -0.2) is 65.8 Å². The minimum Gasteiger partial charge on any atom is -0.364 e. The number of halogens is 2. The molecular formula is C18H21Cl2N3O2. The van der Waals surface area contributed by atoms with Gasteiger partial charge in [0.05, 0.1) is 10.6 Å². The number of carbonyl (C=O) groups excluding carboxylic acids is 2. The Labute approximate surface area is 157 Å². The molecule has 0 spiro atoms. The van der Waals surface area contributed by atoms with Crippen molar-refractivity contribution in [1.82, 2.24) is 14.7 Å². The van der Waals surface area contributed by atoms with Crippen molar-refractivity contribution in [3.8, 4) is 0 Å². The summed E-state index contributed by atoms with van der Waals surface area (Å²) in [5.41, 5.74) is 1.39. The predicted molar refractivity (Wildman–Crippen MR) is 99.4 cm³/mol. The summed E-state index contributed by atoms with van der Waals surface area (Å²) in [5.74, 6) is -0.538. The quantitative estimate of drug-likeness (QED) is 0.755. The molecule has 1 fully saturated rings. The first-order valence-corrected chi connectivity index (χ1v) is 9.08. The third-order valence-corrected chi connectivity index (χ3v) is 5.18. The lowest BCUT2D eigenvalue weighted by molar-refractivity contribution is -0.139. The fourth-order valence-electron chi connectivity index (χ4n) is 3.26. The molecule has 25 heavy (non-hydrogen) atoms. The molecular weight excluding hydrogens is 361 g/mol. The Morgan fingerprint density at radius 3 is 2.20 bits per heavy atom. The highest BCUT2D eigenvalue weighted by Gasteiger charge is 2.43. The summed E-state index contributed by atoms with van der Waals surface area (Å²) in [6.45, 7) is 6.76. The van der Waals surface area contributed by atoms with Crippen LogP contribution in [0.2, 0.25) is 10.0 Å². The van der Waals surface area contributed by atoms with Gasteiger partial charge in [0, 0.05) is 42.8 Å². The van der Waals surface area contributed by atoms with E-state index < -0.39 is 0 Å². The van der Waals surface area contributed by atoms with Crippen LogP contribution in [0.5, 0.6) is 0 Å². The number of hydrogen-bond acceptors (Lipinski definition) is 4. The van der Waals surface area contributed by atoms with E-state index >= 15 is 0 Å². The first kappa shape index (κ1) is 18.2. The molecule has 0 radical (unpaired) electrons. The molecule has 1 saturated heterocycles. The Bertz CT molecular complexity index is 753. The molecule has 5 nitrogen and oxygen atoms in total. The van der Waals surface area contributed by atoms with Gasteiger partial charge in [-0.15, -0.1) is 0 Å². The van der Waals surface area contributed by atoms with Crippen LogP contribution in [0.15, 0.2) is 23.9 Å². The zero-order valence-electron chi connectivity index (χ0n) is 14.6. The van der Waals surface area contributed by atoms with Crippen molar-refractivity contribution in [3.05, 3.63) is 39.5 Å². The van der Waals surface area contributed by atoms with Crippen LogP contribution in [0.4, 0.5) is 0 Å². The summed E-state index contributed by atoms with van der Waals surface area (Å²) >= 11 is 12.3. The third kappa shape index (κ3) is 3.28. The Morgan fingerprint density at radius 2 is 1.64 bits per heavy atom. The van der Waals surface area contributed by atoms with Crippen LogP contribution in [0.1, 0.15) is 19.4 Å². The van der Waals surface area contributed by atoms with Gasteiger partial charge in [-0.1, -0.05) is 29.3 Å². The first-order chi connectivity index (χ1) is 11.8. The topological polar surface area (TPSA) is 43.9 Å². The lowest BCUT2D eigenvalue weighted by Crippen LogP contribution is -2.46. The molecule has 0 saturated carbocycles. The molecule has 0 N–H and O–H groups in total. The Morgan fingerprint density at radius 1 is 1.00 bits per heavy atom. The van der Waals surface area contributed by atoms with E-state index in [2.05, 4.69) is 4.90 Å². The number of benzene rings is 1. The second kappa shape index (κ2) is 6.98. The van der Waals surface area contributed by atoms with Gasteiger partial charge in [-0.3, -0.25) is 14.5 Å². The van der Waals surface area contributed by atoms with E-state index in [1.54, 1.807) is 18.2 Å². The Kier molecular flexibility index (Phi) is 5.09. The highest BCUT2D eigenvalue weighted by atomic mass is 35.5. The summed E-state index contributed by atoms with van der Waals surface area (Å²) < 4.78 is 0. The maximum atomic E-state index is 13.0. The van der Waals surface area contributed by atoms with Gasteiger partial charge in [0.25, 0.3) is 11.8 Å². The highest BCUT2D eigenvalue weighted by Crippen LogP contribution is 2.37. The standard InChI is InChI=1S/C18H21Cl2N3O2/c1-11(2)23-17(24)15(13-5-4-12(19)10-14(13)20)16(18(23)25)22-8-6-21(3)7-9-22/h4-5,10-11H,6-9H2,1-3H3. The molecule has 0 aliphatic carbocycles. The normalized spacial score (nSPS) is 19.6. The number of imide groups is 1. The average Bonchev–Trinajstić information content (AvgIpc) is 2.79.